The molecule has 1 fully saturated rings. The van der Waals surface area contributed by atoms with Crippen LogP contribution < -0.4 is 0 Å². The van der Waals surface area contributed by atoms with Gasteiger partial charge in [-0.15, -0.1) is 0 Å². The average molecular weight is 335 g/mol. The molecule has 3 aromatic rings. The van der Waals surface area contributed by atoms with Crippen molar-refractivity contribution < 1.29 is 4.52 Å². The summed E-state index contributed by atoms with van der Waals surface area (Å²) in [5, 5.41) is 4.00. The van der Waals surface area contributed by atoms with Gasteiger partial charge in [0.1, 0.15) is 6.33 Å². The lowest BCUT2D eigenvalue weighted by Crippen LogP contribution is -2.34. The van der Waals surface area contributed by atoms with Gasteiger partial charge < -0.3 is 4.52 Å². The Kier molecular flexibility index (Phi) is 4.52. The third kappa shape index (κ3) is 3.58. The molecule has 6 nitrogen and oxygen atoms in total. The SMILES string of the molecule is Cc1cc(-c2cncnc2C2CCCN(Cc3ccncc3)C2)on1. The molecule has 0 aliphatic carbocycles. The molecular weight excluding hydrogens is 314 g/mol. The quantitative estimate of drug-likeness (QED) is 0.729. The number of hydrogen-bond acceptors (Lipinski definition) is 6. The number of pyridine rings is 1. The third-order valence-electron chi connectivity index (χ3n) is 4.68. The van der Waals surface area contributed by atoms with E-state index in [1.54, 1.807) is 6.33 Å². The van der Waals surface area contributed by atoms with Crippen LogP contribution in [0.5, 0.6) is 0 Å². The summed E-state index contributed by atoms with van der Waals surface area (Å²) in [6.07, 6.45) is 9.46. The number of hydrogen-bond donors (Lipinski definition) is 0. The Morgan fingerprint density at radius 3 is 2.92 bits per heavy atom. The van der Waals surface area contributed by atoms with E-state index in [1.165, 1.54) is 5.56 Å². The number of rotatable bonds is 4. The molecule has 25 heavy (non-hydrogen) atoms. The van der Waals surface area contributed by atoms with Gasteiger partial charge in [-0.3, -0.25) is 9.88 Å². The Morgan fingerprint density at radius 2 is 2.12 bits per heavy atom. The fourth-order valence-electron chi connectivity index (χ4n) is 3.51. The van der Waals surface area contributed by atoms with E-state index >= 15 is 0 Å². The summed E-state index contributed by atoms with van der Waals surface area (Å²) in [5.41, 5.74) is 4.18. The number of piperidine rings is 1. The maximum Gasteiger partial charge on any atom is 0.170 e. The van der Waals surface area contributed by atoms with E-state index in [4.69, 9.17) is 4.52 Å². The first kappa shape index (κ1) is 15.9. The second-order valence-corrected chi connectivity index (χ2v) is 6.58. The lowest BCUT2D eigenvalue weighted by Gasteiger charge is -2.32. The Hall–Kier alpha value is -2.60. The monoisotopic (exact) mass is 335 g/mol. The van der Waals surface area contributed by atoms with E-state index in [9.17, 15) is 0 Å². The van der Waals surface area contributed by atoms with Crippen LogP contribution in [0.2, 0.25) is 0 Å². The van der Waals surface area contributed by atoms with E-state index < -0.39 is 0 Å². The molecule has 0 radical (unpaired) electrons. The van der Waals surface area contributed by atoms with Gasteiger partial charge in [-0.25, -0.2) is 9.97 Å². The van der Waals surface area contributed by atoms with Crippen molar-refractivity contribution in [2.24, 2.45) is 0 Å². The highest BCUT2D eigenvalue weighted by molar-refractivity contribution is 5.60. The highest BCUT2D eigenvalue weighted by Gasteiger charge is 2.26. The number of nitrogens with zero attached hydrogens (tertiary/aromatic N) is 5. The van der Waals surface area contributed by atoms with Crippen LogP contribution in [-0.2, 0) is 6.54 Å². The second-order valence-electron chi connectivity index (χ2n) is 6.58. The van der Waals surface area contributed by atoms with Gasteiger partial charge in [0.15, 0.2) is 5.76 Å². The summed E-state index contributed by atoms with van der Waals surface area (Å²) >= 11 is 0. The van der Waals surface area contributed by atoms with Crippen molar-refractivity contribution in [3.63, 3.8) is 0 Å². The highest BCUT2D eigenvalue weighted by Crippen LogP contribution is 2.33. The summed E-state index contributed by atoms with van der Waals surface area (Å²) in [6, 6.07) is 6.10. The minimum absolute atomic E-state index is 0.374. The number of aryl methyl sites for hydroxylation is 1. The average Bonchev–Trinajstić information content (AvgIpc) is 3.09. The minimum Gasteiger partial charge on any atom is -0.356 e. The van der Waals surface area contributed by atoms with Crippen LogP contribution in [0.1, 0.15) is 35.7 Å². The number of aromatic nitrogens is 4. The second kappa shape index (κ2) is 7.11. The van der Waals surface area contributed by atoms with Gasteiger partial charge in [0.05, 0.1) is 17.0 Å². The fourth-order valence-corrected chi connectivity index (χ4v) is 3.51. The van der Waals surface area contributed by atoms with E-state index in [-0.39, 0.29) is 0 Å². The van der Waals surface area contributed by atoms with Gasteiger partial charge in [0, 0.05) is 43.7 Å². The van der Waals surface area contributed by atoms with Crippen LogP contribution in [0.25, 0.3) is 11.3 Å². The maximum atomic E-state index is 5.45. The van der Waals surface area contributed by atoms with Crippen LogP contribution in [0, 0.1) is 6.92 Å². The largest absolute Gasteiger partial charge is 0.356 e. The van der Waals surface area contributed by atoms with Crippen molar-refractivity contribution in [1.29, 1.82) is 0 Å². The normalized spacial score (nSPS) is 18.4. The van der Waals surface area contributed by atoms with E-state index in [0.717, 1.165) is 55.2 Å². The molecular formula is C19H21N5O. The molecule has 1 unspecified atom stereocenters. The van der Waals surface area contributed by atoms with Crippen molar-refractivity contribution >= 4 is 0 Å². The molecule has 0 saturated carbocycles. The predicted octanol–water partition coefficient (Wildman–Crippen LogP) is 3.21. The molecule has 4 rings (SSSR count). The molecule has 1 aliphatic rings. The lowest BCUT2D eigenvalue weighted by atomic mass is 9.91. The highest BCUT2D eigenvalue weighted by atomic mass is 16.5. The molecule has 0 spiro atoms. The standard InChI is InChI=1S/C19H21N5O/c1-14-9-18(25-23-14)17-10-21-13-22-19(17)16-3-2-8-24(12-16)11-15-4-6-20-7-5-15/h4-7,9-10,13,16H,2-3,8,11-12H2,1H3. The molecule has 1 atom stereocenters. The Bertz CT molecular complexity index is 833. The van der Waals surface area contributed by atoms with E-state index in [0.29, 0.717) is 5.92 Å². The topological polar surface area (TPSA) is 67.9 Å². The van der Waals surface area contributed by atoms with Crippen LogP contribution in [-0.4, -0.2) is 38.1 Å². The zero-order chi connectivity index (χ0) is 17.1. The van der Waals surface area contributed by atoms with Gasteiger partial charge in [0.2, 0.25) is 0 Å². The molecule has 0 aromatic carbocycles. The maximum absolute atomic E-state index is 5.45. The van der Waals surface area contributed by atoms with Crippen LogP contribution in [0.3, 0.4) is 0 Å². The Labute approximate surface area is 146 Å². The molecule has 4 heterocycles. The van der Waals surface area contributed by atoms with Gasteiger partial charge in [-0.1, -0.05) is 5.16 Å². The van der Waals surface area contributed by atoms with E-state index in [1.807, 2.05) is 31.6 Å². The fraction of sp³-hybridized carbons (Fsp3) is 0.368. The molecule has 6 heteroatoms. The molecule has 0 amide bonds. The van der Waals surface area contributed by atoms with Gasteiger partial charge >= 0.3 is 0 Å². The minimum atomic E-state index is 0.374. The summed E-state index contributed by atoms with van der Waals surface area (Å²) in [6.45, 7) is 4.97. The third-order valence-corrected chi connectivity index (χ3v) is 4.68. The summed E-state index contributed by atoms with van der Waals surface area (Å²) in [7, 11) is 0. The van der Waals surface area contributed by atoms with Crippen molar-refractivity contribution in [3.8, 4) is 11.3 Å². The first-order valence-electron chi connectivity index (χ1n) is 8.64. The van der Waals surface area contributed by atoms with Gasteiger partial charge in [0.25, 0.3) is 0 Å². The summed E-state index contributed by atoms with van der Waals surface area (Å²) < 4.78 is 5.45. The van der Waals surface area contributed by atoms with Crippen molar-refractivity contribution in [3.05, 3.63) is 60.1 Å². The summed E-state index contributed by atoms with van der Waals surface area (Å²) in [5.74, 6) is 1.12. The Balaban J connectivity index is 1.56. The van der Waals surface area contributed by atoms with Crippen molar-refractivity contribution in [1.82, 2.24) is 25.0 Å². The molecule has 3 aromatic heterocycles. The first-order valence-corrected chi connectivity index (χ1v) is 8.64. The first-order chi connectivity index (χ1) is 12.3. The number of likely N-dealkylation sites (tertiary alicyclic amines) is 1. The lowest BCUT2D eigenvalue weighted by molar-refractivity contribution is 0.198. The summed E-state index contributed by atoms with van der Waals surface area (Å²) in [4.78, 5) is 15.4. The van der Waals surface area contributed by atoms with Gasteiger partial charge in [-0.05, 0) is 44.0 Å². The molecule has 128 valence electrons. The van der Waals surface area contributed by atoms with Crippen molar-refractivity contribution in [2.45, 2.75) is 32.2 Å². The molecule has 0 bridgehead atoms. The zero-order valence-corrected chi connectivity index (χ0v) is 14.3. The molecule has 1 aliphatic heterocycles. The Morgan fingerprint density at radius 1 is 1.24 bits per heavy atom. The van der Waals surface area contributed by atoms with E-state index in [2.05, 4.69) is 37.1 Å². The smallest absolute Gasteiger partial charge is 0.170 e. The van der Waals surface area contributed by atoms with Gasteiger partial charge in [-0.2, -0.15) is 0 Å². The predicted molar refractivity (Wildman–Crippen MR) is 93.8 cm³/mol. The van der Waals surface area contributed by atoms with Crippen LogP contribution in [0.15, 0.2) is 47.6 Å². The molecule has 0 N–H and O–H groups in total. The zero-order valence-electron chi connectivity index (χ0n) is 14.3. The molecule has 1 saturated heterocycles. The van der Waals surface area contributed by atoms with Crippen LogP contribution in [0.4, 0.5) is 0 Å². The van der Waals surface area contributed by atoms with Crippen LogP contribution >= 0.6 is 0 Å². The van der Waals surface area contributed by atoms with Crippen molar-refractivity contribution in [2.75, 3.05) is 13.1 Å².